The van der Waals surface area contributed by atoms with E-state index in [4.69, 9.17) is 9.73 Å². The molecule has 4 nitrogen and oxygen atoms in total. The maximum atomic E-state index is 6.09. The van der Waals surface area contributed by atoms with Crippen LogP contribution >= 0.6 is 0 Å². The normalized spacial score (nSPS) is 13.8. The molecule has 45 heavy (non-hydrogen) atoms. The molecule has 7 aromatic rings. The molecule has 0 bridgehead atoms. The molecule has 1 aliphatic rings. The molecular formula is C39H32IrN3OSi. The third-order valence-electron chi connectivity index (χ3n) is 7.91. The van der Waals surface area contributed by atoms with Gasteiger partial charge in [0.2, 0.25) is 0 Å². The predicted octanol–water partition coefficient (Wildman–Crippen LogP) is 10.3. The summed E-state index contributed by atoms with van der Waals surface area (Å²) in [4.78, 5) is 6.78. The van der Waals surface area contributed by atoms with Crippen molar-refractivity contribution in [2.24, 2.45) is 0 Å². The van der Waals surface area contributed by atoms with Gasteiger partial charge in [-0.2, -0.15) is 17.7 Å². The Labute approximate surface area is 279 Å². The van der Waals surface area contributed by atoms with Crippen LogP contribution in [0.1, 0.15) is 11.7 Å². The van der Waals surface area contributed by atoms with E-state index < -0.39 is 8.07 Å². The quantitative estimate of drug-likeness (QED) is 0.132. The van der Waals surface area contributed by atoms with Gasteiger partial charge in [0.05, 0.1) is 8.07 Å². The number of hydrogen-bond donors (Lipinski definition) is 0. The van der Waals surface area contributed by atoms with Gasteiger partial charge in [-0.05, 0) is 46.7 Å². The van der Waals surface area contributed by atoms with Gasteiger partial charge in [0.15, 0.2) is 0 Å². The molecule has 222 valence electrons. The maximum Gasteiger partial charge on any atom is 3.00 e. The molecule has 0 aliphatic carbocycles. The van der Waals surface area contributed by atoms with Crippen molar-refractivity contribution in [1.29, 1.82) is 0 Å². The fraction of sp³-hybridized carbons (Fsp3) is 0.103. The molecule has 8 rings (SSSR count). The van der Waals surface area contributed by atoms with Crippen LogP contribution in [0.2, 0.25) is 19.6 Å². The number of pyridine rings is 1. The molecule has 1 atom stereocenters. The van der Waals surface area contributed by atoms with Crippen LogP contribution in [0, 0.1) is 12.1 Å². The number of hydrogen-bond acceptors (Lipinski definition) is 3. The van der Waals surface area contributed by atoms with Crippen molar-refractivity contribution in [2.45, 2.75) is 25.8 Å². The SMILES string of the molecule is C[Si](C)(C)c1ccc(-c2[c-]cccc2)nc1.[Ir+3].[c-]1cc2c(cc1C1[N-]c3ccccc3N1c1ccccc1)oc1ccccc12. The van der Waals surface area contributed by atoms with Crippen LogP contribution in [0.3, 0.4) is 0 Å². The van der Waals surface area contributed by atoms with Crippen molar-refractivity contribution in [3.63, 3.8) is 0 Å². The standard InChI is InChI=1S/C25H16N2O.C14H16NSi.Ir/c1-2-8-18(9-3-1)27-22-12-6-5-11-21(22)26-25(27)17-14-15-20-19-10-4-7-13-23(19)28-24(20)16-17;1-16(2,3)13-9-10-14(15-11-13)12-7-5-4-6-8-12;/h1-13,15-16,25H;4-7,9-11H,1-3H3;/q-2;-1;+3. The summed E-state index contributed by atoms with van der Waals surface area (Å²) in [6, 6.07) is 49.8. The number of furan rings is 1. The molecule has 1 unspecified atom stereocenters. The molecule has 0 radical (unpaired) electrons. The number of rotatable bonds is 4. The molecule has 5 aromatic carbocycles. The molecule has 0 saturated heterocycles. The summed E-state index contributed by atoms with van der Waals surface area (Å²) in [5, 5.41) is 8.59. The van der Waals surface area contributed by atoms with Crippen molar-refractivity contribution >= 4 is 52.3 Å². The first-order chi connectivity index (χ1) is 21.5. The van der Waals surface area contributed by atoms with Gasteiger partial charge in [-0.25, -0.2) is 0 Å². The molecule has 0 fully saturated rings. The van der Waals surface area contributed by atoms with Crippen molar-refractivity contribution in [1.82, 2.24) is 4.98 Å². The third kappa shape index (κ3) is 6.23. The average Bonchev–Trinajstić information content (AvgIpc) is 3.64. The minimum absolute atomic E-state index is 0. The smallest absolute Gasteiger partial charge is 0.661 e. The Morgan fingerprint density at radius 1 is 0.756 bits per heavy atom. The first kappa shape index (κ1) is 30.5. The maximum absolute atomic E-state index is 6.09. The molecule has 1 aliphatic heterocycles. The summed E-state index contributed by atoms with van der Waals surface area (Å²) in [5.74, 6) is 0. The van der Waals surface area contributed by atoms with E-state index in [0.717, 1.165) is 55.8 Å². The molecule has 0 amide bonds. The van der Waals surface area contributed by atoms with E-state index in [1.807, 2.05) is 66.9 Å². The monoisotopic (exact) mass is 779 g/mol. The average molecular weight is 779 g/mol. The van der Waals surface area contributed by atoms with Crippen molar-refractivity contribution in [2.75, 3.05) is 4.90 Å². The van der Waals surface area contributed by atoms with E-state index in [1.165, 1.54) is 5.19 Å². The van der Waals surface area contributed by atoms with Gasteiger partial charge in [0, 0.05) is 23.2 Å². The van der Waals surface area contributed by atoms with Crippen LogP contribution in [0.4, 0.5) is 17.1 Å². The Morgan fingerprint density at radius 3 is 2.27 bits per heavy atom. The molecule has 0 spiro atoms. The Balaban J connectivity index is 0.000000181. The van der Waals surface area contributed by atoms with Gasteiger partial charge >= 0.3 is 20.1 Å². The van der Waals surface area contributed by atoms with E-state index in [9.17, 15) is 0 Å². The van der Waals surface area contributed by atoms with Crippen molar-refractivity contribution in [3.8, 4) is 11.3 Å². The van der Waals surface area contributed by atoms with E-state index in [0.29, 0.717) is 0 Å². The summed E-state index contributed by atoms with van der Waals surface area (Å²) in [5.41, 5.74) is 8.04. The molecule has 0 N–H and O–H groups in total. The van der Waals surface area contributed by atoms with E-state index in [-0.39, 0.29) is 26.3 Å². The zero-order valence-electron chi connectivity index (χ0n) is 25.4. The van der Waals surface area contributed by atoms with Crippen molar-refractivity contribution < 1.29 is 24.5 Å². The van der Waals surface area contributed by atoms with Gasteiger partial charge in [0.1, 0.15) is 5.58 Å². The molecule has 2 aromatic heterocycles. The predicted molar refractivity (Wildman–Crippen MR) is 185 cm³/mol. The number of nitrogens with zero attached hydrogens (tertiary/aromatic N) is 3. The molecule has 0 saturated carbocycles. The first-order valence-electron chi connectivity index (χ1n) is 14.9. The van der Waals surface area contributed by atoms with Crippen LogP contribution in [-0.2, 0) is 20.1 Å². The van der Waals surface area contributed by atoms with Gasteiger partial charge in [-0.1, -0.05) is 91.8 Å². The number of anilines is 2. The van der Waals surface area contributed by atoms with Crippen molar-refractivity contribution in [3.05, 3.63) is 157 Å². The minimum atomic E-state index is -1.23. The Morgan fingerprint density at radius 2 is 1.51 bits per heavy atom. The Kier molecular flexibility index (Phi) is 8.73. The molecule has 6 heteroatoms. The minimum Gasteiger partial charge on any atom is -0.661 e. The third-order valence-corrected chi connectivity index (χ3v) is 9.93. The van der Waals surface area contributed by atoms with Gasteiger partial charge in [-0.15, -0.1) is 47.6 Å². The number of aromatic nitrogens is 1. The summed E-state index contributed by atoms with van der Waals surface area (Å²) in [6.45, 7) is 7.00. The fourth-order valence-electron chi connectivity index (χ4n) is 5.55. The number of benzene rings is 5. The second-order valence-electron chi connectivity index (χ2n) is 11.9. The summed E-state index contributed by atoms with van der Waals surface area (Å²) >= 11 is 0. The van der Waals surface area contributed by atoms with E-state index in [1.54, 1.807) is 0 Å². The van der Waals surface area contributed by atoms with Crippen LogP contribution in [0.15, 0.2) is 138 Å². The van der Waals surface area contributed by atoms with Crippen LogP contribution in [0.25, 0.3) is 38.5 Å². The summed E-state index contributed by atoms with van der Waals surface area (Å²) in [7, 11) is -1.23. The topological polar surface area (TPSA) is 43.4 Å². The summed E-state index contributed by atoms with van der Waals surface area (Å²) in [6.07, 6.45) is 1.85. The number of para-hydroxylation sites is 4. The van der Waals surface area contributed by atoms with E-state index >= 15 is 0 Å². The second-order valence-corrected chi connectivity index (χ2v) is 17.0. The van der Waals surface area contributed by atoms with E-state index in [2.05, 4.69) is 108 Å². The van der Waals surface area contributed by atoms with Crippen LogP contribution in [-0.4, -0.2) is 13.1 Å². The van der Waals surface area contributed by atoms with Gasteiger partial charge in [0.25, 0.3) is 0 Å². The molecular weight excluding hydrogens is 747 g/mol. The largest absolute Gasteiger partial charge is 3.00 e. The molecule has 3 heterocycles. The van der Waals surface area contributed by atoms with Crippen LogP contribution < -0.4 is 10.1 Å². The summed E-state index contributed by atoms with van der Waals surface area (Å²) < 4.78 is 6.09. The fourth-order valence-corrected chi connectivity index (χ4v) is 6.59. The Bertz CT molecular complexity index is 2040. The second kappa shape index (κ2) is 12.9. The van der Waals surface area contributed by atoms with Crippen LogP contribution in [0.5, 0.6) is 0 Å². The zero-order chi connectivity index (χ0) is 30.1. The first-order valence-corrected chi connectivity index (χ1v) is 18.4. The van der Waals surface area contributed by atoms with Gasteiger partial charge < -0.3 is 19.6 Å². The van der Waals surface area contributed by atoms with Gasteiger partial charge in [-0.3, -0.25) is 0 Å². The Hall–Kier alpha value is -4.48. The number of fused-ring (bicyclic) bond motifs is 4. The zero-order valence-corrected chi connectivity index (χ0v) is 28.8.